The summed E-state index contributed by atoms with van der Waals surface area (Å²) in [6.45, 7) is 4.76. The van der Waals surface area contributed by atoms with Crippen LogP contribution in [0.25, 0.3) is 10.9 Å². The number of carboxylic acids is 1. The van der Waals surface area contributed by atoms with Crippen LogP contribution < -0.4 is 34.7 Å². The summed E-state index contributed by atoms with van der Waals surface area (Å²) in [7, 11) is 0. The molecule has 1 heterocycles. The molecule has 0 bridgehead atoms. The first kappa shape index (κ1) is 20.1. The predicted molar refractivity (Wildman–Crippen MR) is 95.3 cm³/mol. The molecule has 2 aromatic carbocycles. The zero-order chi connectivity index (χ0) is 17.3. The molecule has 3 nitrogen and oxygen atoms in total. The summed E-state index contributed by atoms with van der Waals surface area (Å²) in [5.74, 6) is -1.04. The number of rotatable bonds is 5. The van der Waals surface area contributed by atoms with E-state index in [0.717, 1.165) is 39.7 Å². The quantitative estimate of drug-likeness (QED) is 0.620. The Bertz CT molecular complexity index is 900. The van der Waals surface area contributed by atoms with Gasteiger partial charge in [-0.1, -0.05) is 42.3 Å². The number of aliphatic carboxylic acids is 1. The molecular formula is C20H19ClNNaO2. The largest absolute Gasteiger partial charge is 1.00 e. The van der Waals surface area contributed by atoms with Crippen molar-refractivity contribution in [3.63, 3.8) is 0 Å². The van der Waals surface area contributed by atoms with Gasteiger partial charge in [-0.3, -0.25) is 0 Å². The fraction of sp³-hybridized carbons (Fsp3) is 0.250. The third kappa shape index (κ3) is 4.29. The van der Waals surface area contributed by atoms with Gasteiger partial charge in [0, 0.05) is 40.6 Å². The molecule has 0 atom stereocenters. The van der Waals surface area contributed by atoms with Crippen LogP contribution in [-0.2, 0) is 24.2 Å². The van der Waals surface area contributed by atoms with Crippen molar-refractivity contribution in [2.75, 3.05) is 0 Å². The minimum Gasteiger partial charge on any atom is -0.550 e. The van der Waals surface area contributed by atoms with Crippen LogP contribution in [0.15, 0.2) is 42.5 Å². The Morgan fingerprint density at radius 1 is 1.16 bits per heavy atom. The summed E-state index contributed by atoms with van der Waals surface area (Å²) in [6.07, 6.45) is 0.709. The fourth-order valence-electron chi connectivity index (χ4n) is 3.29. The van der Waals surface area contributed by atoms with Crippen molar-refractivity contribution in [2.24, 2.45) is 0 Å². The van der Waals surface area contributed by atoms with E-state index in [1.54, 1.807) is 0 Å². The molecule has 0 amide bonds. The van der Waals surface area contributed by atoms with Gasteiger partial charge in [0.1, 0.15) is 0 Å². The van der Waals surface area contributed by atoms with E-state index in [0.29, 0.717) is 11.6 Å². The van der Waals surface area contributed by atoms with Crippen LogP contribution in [0.3, 0.4) is 0 Å². The van der Waals surface area contributed by atoms with Gasteiger partial charge in [-0.15, -0.1) is 0 Å². The summed E-state index contributed by atoms with van der Waals surface area (Å²) >= 11 is 5.97. The Hall–Kier alpha value is -1.26. The van der Waals surface area contributed by atoms with Crippen LogP contribution in [0.4, 0.5) is 0 Å². The molecule has 3 rings (SSSR count). The van der Waals surface area contributed by atoms with Gasteiger partial charge in [-0.2, -0.15) is 0 Å². The van der Waals surface area contributed by atoms with E-state index >= 15 is 0 Å². The Kier molecular flexibility index (Phi) is 6.75. The molecule has 0 unspecified atom stereocenters. The van der Waals surface area contributed by atoms with Crippen molar-refractivity contribution < 1.29 is 39.5 Å². The van der Waals surface area contributed by atoms with E-state index < -0.39 is 5.97 Å². The van der Waals surface area contributed by atoms with Crippen LogP contribution in [-0.4, -0.2) is 10.5 Å². The van der Waals surface area contributed by atoms with Crippen LogP contribution in [0.5, 0.6) is 0 Å². The number of hydrogen-bond acceptors (Lipinski definition) is 2. The van der Waals surface area contributed by atoms with E-state index in [-0.39, 0.29) is 36.0 Å². The molecule has 0 aliphatic carbocycles. The van der Waals surface area contributed by atoms with Gasteiger partial charge in [0.15, 0.2) is 0 Å². The number of nitrogens with zero attached hydrogens (tertiary/aromatic N) is 1. The van der Waals surface area contributed by atoms with Crippen molar-refractivity contribution >= 4 is 28.5 Å². The van der Waals surface area contributed by atoms with Gasteiger partial charge < -0.3 is 14.5 Å². The molecule has 5 heteroatoms. The van der Waals surface area contributed by atoms with Crippen LogP contribution >= 0.6 is 11.6 Å². The number of fused-ring (bicyclic) bond motifs is 1. The van der Waals surface area contributed by atoms with E-state index in [1.165, 1.54) is 0 Å². The summed E-state index contributed by atoms with van der Waals surface area (Å²) < 4.78 is 2.20. The normalized spacial score (nSPS) is 10.7. The minimum atomic E-state index is -1.04. The number of carbonyl (C=O) groups is 1. The molecule has 25 heavy (non-hydrogen) atoms. The molecule has 1 aromatic heterocycles. The number of halogens is 1. The Morgan fingerprint density at radius 2 is 1.84 bits per heavy atom. The van der Waals surface area contributed by atoms with E-state index in [4.69, 9.17) is 11.6 Å². The van der Waals surface area contributed by atoms with E-state index in [2.05, 4.69) is 29.7 Å². The zero-order valence-electron chi connectivity index (χ0n) is 14.8. The van der Waals surface area contributed by atoms with E-state index in [1.807, 2.05) is 31.2 Å². The average Bonchev–Trinajstić information content (AvgIpc) is 2.81. The molecule has 124 valence electrons. The number of aryl methyl sites for hydroxylation is 1. The topological polar surface area (TPSA) is 45.1 Å². The maximum absolute atomic E-state index is 11.2. The smallest absolute Gasteiger partial charge is 0.550 e. The molecule has 0 N–H and O–H groups in total. The van der Waals surface area contributed by atoms with Crippen LogP contribution in [0.2, 0.25) is 5.02 Å². The van der Waals surface area contributed by atoms with Crippen LogP contribution in [0.1, 0.15) is 29.3 Å². The molecule has 3 aromatic rings. The fourth-order valence-corrected chi connectivity index (χ4v) is 3.42. The first-order chi connectivity index (χ1) is 11.5. The van der Waals surface area contributed by atoms with Crippen molar-refractivity contribution in [2.45, 2.75) is 33.2 Å². The number of carbonyl (C=O) groups excluding carboxylic acids is 1. The maximum atomic E-state index is 11.2. The van der Waals surface area contributed by atoms with Gasteiger partial charge >= 0.3 is 29.6 Å². The standard InChI is InChI=1S/C20H20ClNO2.Na/c1-3-18-17(11-20(23)24)16-10-13(2)4-9-19(16)22(18)12-14-5-7-15(21)8-6-14;/h4-10H,3,11-12H2,1-2H3,(H,23,24);/q;+1/p-1. The van der Waals surface area contributed by atoms with Crippen molar-refractivity contribution in [3.05, 3.63) is 69.9 Å². The van der Waals surface area contributed by atoms with Crippen molar-refractivity contribution in [3.8, 4) is 0 Å². The second-order valence-corrected chi connectivity index (χ2v) is 6.50. The van der Waals surface area contributed by atoms with E-state index in [9.17, 15) is 9.90 Å². The Morgan fingerprint density at radius 3 is 2.44 bits per heavy atom. The summed E-state index contributed by atoms with van der Waals surface area (Å²) in [5.41, 5.74) is 5.23. The minimum absolute atomic E-state index is 0. The first-order valence-corrected chi connectivity index (χ1v) is 8.42. The molecule has 0 radical (unpaired) electrons. The number of aromatic nitrogens is 1. The van der Waals surface area contributed by atoms with Gasteiger partial charge in [0.05, 0.1) is 0 Å². The molecule has 0 aliphatic heterocycles. The van der Waals surface area contributed by atoms with Crippen molar-refractivity contribution in [1.82, 2.24) is 4.57 Å². The third-order valence-corrected chi connectivity index (χ3v) is 4.60. The number of carboxylic acid groups (broad SMARTS) is 1. The van der Waals surface area contributed by atoms with Gasteiger partial charge in [-0.05, 0) is 48.7 Å². The average molecular weight is 364 g/mol. The number of hydrogen-bond donors (Lipinski definition) is 0. The van der Waals surface area contributed by atoms with Gasteiger partial charge in [-0.25, -0.2) is 0 Å². The Balaban J connectivity index is 0.00000225. The molecular weight excluding hydrogens is 345 g/mol. The summed E-state index contributed by atoms with van der Waals surface area (Å²) in [4.78, 5) is 11.2. The van der Waals surface area contributed by atoms with Gasteiger partial charge in [0.2, 0.25) is 0 Å². The second-order valence-electron chi connectivity index (χ2n) is 6.06. The second kappa shape index (κ2) is 8.41. The molecule has 0 saturated heterocycles. The zero-order valence-corrected chi connectivity index (χ0v) is 17.6. The first-order valence-electron chi connectivity index (χ1n) is 8.04. The SMILES string of the molecule is CCc1c(CC(=O)[O-])c2cc(C)ccc2n1Cc1ccc(Cl)cc1.[Na+]. The molecule has 0 fully saturated rings. The Labute approximate surface area is 174 Å². The number of benzene rings is 2. The predicted octanol–water partition coefficient (Wildman–Crippen LogP) is 0.510. The van der Waals surface area contributed by atoms with Gasteiger partial charge in [0.25, 0.3) is 0 Å². The van der Waals surface area contributed by atoms with Crippen LogP contribution in [0, 0.1) is 6.92 Å². The molecule has 0 saturated carbocycles. The summed E-state index contributed by atoms with van der Waals surface area (Å²) in [5, 5.41) is 12.9. The molecule has 0 spiro atoms. The monoisotopic (exact) mass is 363 g/mol. The third-order valence-electron chi connectivity index (χ3n) is 4.35. The maximum Gasteiger partial charge on any atom is 1.00 e. The molecule has 0 aliphatic rings. The van der Waals surface area contributed by atoms with Crippen molar-refractivity contribution in [1.29, 1.82) is 0 Å². The summed E-state index contributed by atoms with van der Waals surface area (Å²) in [6, 6.07) is 13.9.